The third-order valence-electron chi connectivity index (χ3n) is 11.2. The first kappa shape index (κ1) is 19.9. The lowest BCUT2D eigenvalue weighted by Crippen LogP contribution is -2.35. The molecule has 6 rings (SSSR count). The van der Waals surface area contributed by atoms with Crippen LogP contribution in [0.2, 0.25) is 0 Å². The Morgan fingerprint density at radius 2 is 1.03 bits per heavy atom. The van der Waals surface area contributed by atoms with Gasteiger partial charge in [0.25, 0.3) is 0 Å². The summed E-state index contributed by atoms with van der Waals surface area (Å²) in [6.45, 7) is 10.1. The molecule has 0 spiro atoms. The highest BCUT2D eigenvalue weighted by atomic mass is 14.6. The van der Waals surface area contributed by atoms with E-state index in [-0.39, 0.29) is 0 Å². The Hall–Kier alpha value is -0.780. The molecule has 0 bridgehead atoms. The molecule has 0 nitrogen and oxygen atoms in total. The van der Waals surface area contributed by atoms with Crippen LogP contribution in [0.1, 0.15) is 78.1 Å². The lowest BCUT2D eigenvalue weighted by atomic mass is 9.62. The van der Waals surface area contributed by atoms with Crippen molar-refractivity contribution >= 4 is 0 Å². The van der Waals surface area contributed by atoms with E-state index in [4.69, 9.17) is 6.58 Å². The summed E-state index contributed by atoms with van der Waals surface area (Å²) >= 11 is 0. The Morgan fingerprint density at radius 1 is 0.600 bits per heavy atom. The van der Waals surface area contributed by atoms with E-state index in [0.717, 1.165) is 71.0 Å². The third kappa shape index (κ3) is 2.98. The summed E-state index contributed by atoms with van der Waals surface area (Å²) in [5, 5.41) is 0. The van der Waals surface area contributed by atoms with Gasteiger partial charge in [-0.05, 0) is 110 Å². The van der Waals surface area contributed by atoms with Crippen LogP contribution < -0.4 is 0 Å². The Morgan fingerprint density at radius 3 is 1.50 bits per heavy atom. The number of rotatable bonds is 2. The lowest BCUT2D eigenvalue weighted by molar-refractivity contribution is 0.145. The van der Waals surface area contributed by atoms with E-state index in [1.54, 1.807) is 5.57 Å². The molecule has 12 unspecified atom stereocenters. The maximum absolute atomic E-state index is 4.94. The van der Waals surface area contributed by atoms with Crippen LogP contribution in [0.4, 0.5) is 0 Å². The lowest BCUT2D eigenvalue weighted by Gasteiger charge is -2.43. The Kier molecular flexibility index (Phi) is 5.08. The van der Waals surface area contributed by atoms with Gasteiger partial charge in [-0.25, -0.2) is 0 Å². The summed E-state index contributed by atoms with van der Waals surface area (Å²) in [4.78, 5) is 0. The molecule has 0 aromatic rings. The second kappa shape index (κ2) is 7.67. The zero-order valence-electron chi connectivity index (χ0n) is 19.5. The number of fused-ring (bicyclic) bond motifs is 6. The summed E-state index contributed by atoms with van der Waals surface area (Å²) in [7, 11) is 0. The van der Waals surface area contributed by atoms with Gasteiger partial charge in [0.1, 0.15) is 0 Å². The van der Waals surface area contributed by atoms with Crippen LogP contribution in [0.25, 0.3) is 0 Å². The Bertz CT molecular complexity index is 666. The quantitative estimate of drug-likeness (QED) is 0.408. The van der Waals surface area contributed by atoms with Crippen molar-refractivity contribution in [3.8, 4) is 0 Å². The monoisotopic (exact) mass is 404 g/mol. The van der Waals surface area contributed by atoms with E-state index >= 15 is 0 Å². The SMILES string of the molecule is C=C(C1C(C)CC2C1C=CC1CCCCC12)C1C(C)CC2C1C=CC1CCCCC12. The van der Waals surface area contributed by atoms with Crippen molar-refractivity contribution in [3.63, 3.8) is 0 Å². The van der Waals surface area contributed by atoms with Crippen molar-refractivity contribution in [1.29, 1.82) is 0 Å². The van der Waals surface area contributed by atoms with E-state index in [1.807, 2.05) is 0 Å². The van der Waals surface area contributed by atoms with Crippen molar-refractivity contribution in [2.75, 3.05) is 0 Å². The fourth-order valence-corrected chi connectivity index (χ4v) is 10.1. The molecule has 164 valence electrons. The predicted octanol–water partition coefficient (Wildman–Crippen LogP) is 8.07. The molecular weight excluding hydrogens is 360 g/mol. The molecule has 6 aliphatic carbocycles. The maximum Gasteiger partial charge on any atom is -0.0111 e. The maximum atomic E-state index is 4.94. The standard InChI is InChI=1S/C30H44/c1-18-16-27-23-10-6-4-8-21(23)12-14-25(27)29(18)20(3)30-19(2)17-28-24-11-7-5-9-22(24)13-15-26(28)30/h12-15,18-19,21-30H,3-11,16-17H2,1-2H3. The van der Waals surface area contributed by atoms with Crippen LogP contribution in [0.15, 0.2) is 36.5 Å². The molecule has 4 saturated carbocycles. The fourth-order valence-electron chi connectivity index (χ4n) is 10.1. The minimum atomic E-state index is 0.748. The highest BCUT2D eigenvalue weighted by Crippen LogP contribution is 2.61. The van der Waals surface area contributed by atoms with Crippen molar-refractivity contribution in [1.82, 2.24) is 0 Å². The molecule has 0 aromatic heterocycles. The number of allylic oxidation sites excluding steroid dienone is 5. The smallest absolute Gasteiger partial charge is 0.0111 e. The highest BCUT2D eigenvalue weighted by Gasteiger charge is 2.53. The van der Waals surface area contributed by atoms with Gasteiger partial charge < -0.3 is 0 Å². The van der Waals surface area contributed by atoms with E-state index in [0.29, 0.717) is 0 Å². The fraction of sp³-hybridized carbons (Fsp3) is 0.800. The van der Waals surface area contributed by atoms with E-state index in [9.17, 15) is 0 Å². The Balaban J connectivity index is 1.26. The highest BCUT2D eigenvalue weighted by molar-refractivity contribution is 5.25. The molecule has 0 heteroatoms. The minimum Gasteiger partial charge on any atom is -0.0992 e. The van der Waals surface area contributed by atoms with E-state index in [1.165, 1.54) is 64.2 Å². The van der Waals surface area contributed by atoms with Gasteiger partial charge in [0.2, 0.25) is 0 Å². The molecular formula is C30H44. The van der Waals surface area contributed by atoms with Crippen molar-refractivity contribution in [2.45, 2.75) is 78.1 Å². The summed E-state index contributed by atoms with van der Waals surface area (Å²) in [5.74, 6) is 10.4. The molecule has 0 heterocycles. The van der Waals surface area contributed by atoms with Gasteiger partial charge in [-0.1, -0.05) is 76.0 Å². The molecule has 6 aliphatic rings. The molecule has 0 amide bonds. The van der Waals surface area contributed by atoms with Gasteiger partial charge in [0.15, 0.2) is 0 Å². The second-order valence-corrected chi connectivity index (χ2v) is 12.5. The first-order chi connectivity index (χ1) is 14.6. The van der Waals surface area contributed by atoms with Gasteiger partial charge in [-0.3, -0.25) is 0 Å². The van der Waals surface area contributed by atoms with Crippen molar-refractivity contribution in [3.05, 3.63) is 36.5 Å². The van der Waals surface area contributed by atoms with Crippen LogP contribution in [-0.4, -0.2) is 0 Å². The molecule has 0 aromatic carbocycles. The number of hydrogen-bond acceptors (Lipinski definition) is 0. The predicted molar refractivity (Wildman–Crippen MR) is 127 cm³/mol. The van der Waals surface area contributed by atoms with Crippen molar-refractivity contribution < 1.29 is 0 Å². The van der Waals surface area contributed by atoms with Crippen LogP contribution in [-0.2, 0) is 0 Å². The summed E-state index contributed by atoms with van der Waals surface area (Å²) < 4.78 is 0. The zero-order chi connectivity index (χ0) is 20.4. The second-order valence-electron chi connectivity index (χ2n) is 12.5. The van der Waals surface area contributed by atoms with E-state index in [2.05, 4.69) is 38.2 Å². The normalized spacial score (nSPS) is 54.2. The first-order valence-corrected chi connectivity index (χ1v) is 13.7. The molecule has 30 heavy (non-hydrogen) atoms. The Labute approximate surface area is 185 Å². The molecule has 12 atom stereocenters. The van der Waals surface area contributed by atoms with Crippen LogP contribution >= 0.6 is 0 Å². The summed E-state index contributed by atoms with van der Waals surface area (Å²) in [6.07, 6.45) is 25.5. The summed E-state index contributed by atoms with van der Waals surface area (Å²) in [6, 6.07) is 0. The van der Waals surface area contributed by atoms with Crippen LogP contribution in [0.5, 0.6) is 0 Å². The minimum absolute atomic E-state index is 0.748. The van der Waals surface area contributed by atoms with Gasteiger partial charge in [0, 0.05) is 0 Å². The molecule has 0 saturated heterocycles. The van der Waals surface area contributed by atoms with Crippen LogP contribution in [0.3, 0.4) is 0 Å². The largest absolute Gasteiger partial charge is 0.0992 e. The van der Waals surface area contributed by atoms with E-state index < -0.39 is 0 Å². The topological polar surface area (TPSA) is 0 Å². The number of hydrogen-bond donors (Lipinski definition) is 0. The average Bonchev–Trinajstić information content (AvgIpc) is 3.29. The third-order valence-corrected chi connectivity index (χ3v) is 11.2. The van der Waals surface area contributed by atoms with Crippen molar-refractivity contribution in [2.24, 2.45) is 71.0 Å². The molecule has 0 N–H and O–H groups in total. The molecule has 0 aliphatic heterocycles. The summed E-state index contributed by atoms with van der Waals surface area (Å²) in [5.41, 5.74) is 1.67. The van der Waals surface area contributed by atoms with Crippen LogP contribution in [0, 0.1) is 71.0 Å². The van der Waals surface area contributed by atoms with Gasteiger partial charge in [0.05, 0.1) is 0 Å². The zero-order valence-corrected chi connectivity index (χ0v) is 19.5. The first-order valence-electron chi connectivity index (χ1n) is 13.7. The van der Waals surface area contributed by atoms with Gasteiger partial charge in [-0.2, -0.15) is 0 Å². The molecule has 0 radical (unpaired) electrons. The van der Waals surface area contributed by atoms with Gasteiger partial charge in [-0.15, -0.1) is 0 Å². The molecule has 4 fully saturated rings. The van der Waals surface area contributed by atoms with Gasteiger partial charge >= 0.3 is 0 Å². The average molecular weight is 405 g/mol.